The number of halogens is 1. The molecule has 8 heteroatoms. The van der Waals surface area contributed by atoms with Crippen molar-refractivity contribution in [3.05, 3.63) is 48.6 Å². The zero-order chi connectivity index (χ0) is 19.2. The molecule has 0 N–H and O–H groups in total. The van der Waals surface area contributed by atoms with Gasteiger partial charge in [0.2, 0.25) is 5.91 Å². The van der Waals surface area contributed by atoms with Crippen molar-refractivity contribution in [2.24, 2.45) is 0 Å². The summed E-state index contributed by atoms with van der Waals surface area (Å²) >= 11 is 1.31. The van der Waals surface area contributed by atoms with Gasteiger partial charge >= 0.3 is 0 Å². The quantitative estimate of drug-likeness (QED) is 0.488. The lowest BCUT2D eigenvalue weighted by molar-refractivity contribution is -0.116. The maximum Gasteiger partial charge on any atom is 0.237 e. The number of hydrogen-bond acceptors (Lipinski definition) is 5. The van der Waals surface area contributed by atoms with Crippen LogP contribution in [0.25, 0.3) is 0 Å². The molecule has 0 bridgehead atoms. The largest absolute Gasteiger partial charge is 0.311 e. The van der Waals surface area contributed by atoms with Gasteiger partial charge in [0.25, 0.3) is 0 Å². The van der Waals surface area contributed by atoms with Crippen LogP contribution in [0.5, 0.6) is 0 Å². The molecule has 6 nitrogen and oxygen atoms in total. The number of carbonyl (C=O) groups is 1. The van der Waals surface area contributed by atoms with E-state index in [0.29, 0.717) is 23.3 Å². The third-order valence-corrected chi connectivity index (χ3v) is 5.16. The van der Waals surface area contributed by atoms with Crippen molar-refractivity contribution in [1.82, 2.24) is 14.8 Å². The molecule has 1 aromatic heterocycles. The number of hydrogen-bond donors (Lipinski definition) is 0. The van der Waals surface area contributed by atoms with Crippen molar-refractivity contribution in [2.45, 2.75) is 36.9 Å². The number of carbonyl (C=O) groups excluding carboxylic acids is 1. The fraction of sp³-hybridized carbons (Fsp3) is 0.368. The second-order valence-electron chi connectivity index (χ2n) is 6.23. The Morgan fingerprint density at radius 2 is 2.15 bits per heavy atom. The van der Waals surface area contributed by atoms with E-state index in [0.717, 1.165) is 18.7 Å². The van der Waals surface area contributed by atoms with Crippen molar-refractivity contribution < 1.29 is 9.18 Å². The van der Waals surface area contributed by atoms with Gasteiger partial charge in [0.05, 0.1) is 18.2 Å². The first-order valence-electron chi connectivity index (χ1n) is 8.73. The molecule has 1 saturated carbocycles. The molecular weight excluding hydrogens is 365 g/mol. The number of rotatable bonds is 9. The van der Waals surface area contributed by atoms with Crippen molar-refractivity contribution in [1.29, 1.82) is 5.26 Å². The summed E-state index contributed by atoms with van der Waals surface area (Å²) in [5.41, 5.74) is 0.573. The van der Waals surface area contributed by atoms with Crippen LogP contribution in [0, 0.1) is 17.1 Å². The molecule has 2 aromatic rings. The molecule has 27 heavy (non-hydrogen) atoms. The molecule has 1 aliphatic carbocycles. The van der Waals surface area contributed by atoms with Crippen molar-refractivity contribution in [3.8, 4) is 6.07 Å². The molecule has 140 valence electrons. The highest BCUT2D eigenvalue weighted by Gasteiger charge is 2.30. The number of aromatic nitrogens is 3. The average Bonchev–Trinajstić information content (AvgIpc) is 3.44. The molecule has 1 aromatic carbocycles. The van der Waals surface area contributed by atoms with Crippen LogP contribution in [0.4, 0.5) is 10.1 Å². The monoisotopic (exact) mass is 385 g/mol. The molecule has 1 fully saturated rings. The van der Waals surface area contributed by atoms with Crippen LogP contribution in [-0.4, -0.2) is 33.0 Å². The SMILES string of the molecule is C=CCn1c(SCC(=O)N(CCC#N)c2ccc(F)cc2)nnc1C1CC1. The van der Waals surface area contributed by atoms with E-state index in [-0.39, 0.29) is 30.4 Å². The van der Waals surface area contributed by atoms with Gasteiger partial charge in [-0.2, -0.15) is 5.26 Å². The molecule has 0 atom stereocenters. The Balaban J connectivity index is 1.71. The van der Waals surface area contributed by atoms with E-state index in [4.69, 9.17) is 5.26 Å². The fourth-order valence-electron chi connectivity index (χ4n) is 2.74. The van der Waals surface area contributed by atoms with E-state index in [9.17, 15) is 9.18 Å². The van der Waals surface area contributed by atoms with Crippen LogP contribution >= 0.6 is 11.8 Å². The first-order valence-corrected chi connectivity index (χ1v) is 9.72. The van der Waals surface area contributed by atoms with E-state index in [2.05, 4.69) is 16.8 Å². The van der Waals surface area contributed by atoms with E-state index >= 15 is 0 Å². The summed E-state index contributed by atoms with van der Waals surface area (Å²) in [5, 5.41) is 18.1. The second kappa shape index (κ2) is 8.82. The molecular formula is C19H20FN5OS. The lowest BCUT2D eigenvalue weighted by Gasteiger charge is -2.21. The zero-order valence-corrected chi connectivity index (χ0v) is 15.7. The molecule has 3 rings (SSSR count). The number of amides is 1. The Labute approximate surface area is 161 Å². The van der Waals surface area contributed by atoms with Gasteiger partial charge in [0.15, 0.2) is 5.16 Å². The van der Waals surface area contributed by atoms with Gasteiger partial charge in [-0.05, 0) is 37.1 Å². The van der Waals surface area contributed by atoms with Crippen molar-refractivity contribution >= 4 is 23.4 Å². The van der Waals surface area contributed by atoms with E-state index < -0.39 is 0 Å². The van der Waals surface area contributed by atoms with Gasteiger partial charge in [-0.15, -0.1) is 16.8 Å². The van der Waals surface area contributed by atoms with Crippen LogP contribution < -0.4 is 4.90 Å². The molecule has 1 aliphatic rings. The Kier molecular flexibility index (Phi) is 6.24. The Hall–Kier alpha value is -2.66. The first-order chi connectivity index (χ1) is 13.1. The highest BCUT2D eigenvalue weighted by molar-refractivity contribution is 7.99. The summed E-state index contributed by atoms with van der Waals surface area (Å²) in [6.45, 7) is 4.64. The van der Waals surface area contributed by atoms with Crippen LogP contribution in [0.3, 0.4) is 0 Å². The molecule has 0 unspecified atom stereocenters. The van der Waals surface area contributed by atoms with Crippen LogP contribution in [0.1, 0.15) is 31.0 Å². The third-order valence-electron chi connectivity index (χ3n) is 4.21. The predicted octanol–water partition coefficient (Wildman–Crippen LogP) is 3.52. The highest BCUT2D eigenvalue weighted by atomic mass is 32.2. The minimum atomic E-state index is -0.370. The topological polar surface area (TPSA) is 74.8 Å². The van der Waals surface area contributed by atoms with Crippen molar-refractivity contribution in [3.63, 3.8) is 0 Å². The standard InChI is InChI=1S/C19H20FN5OS/c1-2-11-25-18(14-4-5-14)22-23-19(25)27-13-17(26)24(12-3-10-21)16-8-6-15(20)7-9-16/h2,6-9,14H,1,3-5,11-13H2. The van der Waals surface area contributed by atoms with Gasteiger partial charge in [-0.25, -0.2) is 4.39 Å². The van der Waals surface area contributed by atoms with Gasteiger partial charge in [0, 0.05) is 24.7 Å². The van der Waals surface area contributed by atoms with E-state index in [1.165, 1.54) is 28.8 Å². The minimum Gasteiger partial charge on any atom is -0.311 e. The third kappa shape index (κ3) is 4.74. The van der Waals surface area contributed by atoms with Gasteiger partial charge in [-0.1, -0.05) is 17.8 Å². The Bertz CT molecular complexity index is 854. The first kappa shape index (κ1) is 19.1. The Morgan fingerprint density at radius 1 is 1.41 bits per heavy atom. The van der Waals surface area contributed by atoms with E-state index in [1.54, 1.807) is 18.2 Å². The summed E-state index contributed by atoms with van der Waals surface area (Å²) in [4.78, 5) is 14.3. The molecule has 1 heterocycles. The van der Waals surface area contributed by atoms with Gasteiger partial charge in [0.1, 0.15) is 11.6 Å². The maximum absolute atomic E-state index is 13.2. The fourth-order valence-corrected chi connectivity index (χ4v) is 3.57. The summed E-state index contributed by atoms with van der Waals surface area (Å²) in [6.07, 6.45) is 4.22. The predicted molar refractivity (Wildman–Crippen MR) is 102 cm³/mol. The van der Waals surface area contributed by atoms with Gasteiger partial charge < -0.3 is 9.47 Å². The molecule has 0 spiro atoms. The summed E-state index contributed by atoms with van der Waals surface area (Å²) in [6, 6.07) is 7.74. The number of anilines is 1. The van der Waals surface area contributed by atoms with E-state index in [1.807, 2.05) is 10.6 Å². The lowest BCUT2D eigenvalue weighted by atomic mass is 10.2. The smallest absolute Gasteiger partial charge is 0.237 e. The number of nitrogens with zero attached hydrogens (tertiary/aromatic N) is 5. The van der Waals surface area contributed by atoms with Crippen LogP contribution in [0.15, 0.2) is 42.1 Å². The molecule has 0 aliphatic heterocycles. The summed E-state index contributed by atoms with van der Waals surface area (Å²) in [5.74, 6) is 1.02. The molecule has 0 saturated heterocycles. The van der Waals surface area contributed by atoms with Gasteiger partial charge in [-0.3, -0.25) is 4.79 Å². The summed E-state index contributed by atoms with van der Waals surface area (Å²) in [7, 11) is 0. The second-order valence-corrected chi connectivity index (χ2v) is 7.18. The maximum atomic E-state index is 13.2. The van der Waals surface area contributed by atoms with Crippen molar-refractivity contribution in [2.75, 3.05) is 17.2 Å². The highest BCUT2D eigenvalue weighted by Crippen LogP contribution is 2.40. The molecule has 0 radical (unpaired) electrons. The number of nitriles is 1. The number of allylic oxidation sites excluding steroid dienone is 1. The van der Waals surface area contributed by atoms with Crippen LogP contribution in [0.2, 0.25) is 0 Å². The average molecular weight is 385 g/mol. The normalized spacial score (nSPS) is 13.2. The lowest BCUT2D eigenvalue weighted by Crippen LogP contribution is -2.33. The summed E-state index contributed by atoms with van der Waals surface area (Å²) < 4.78 is 15.2. The van der Waals surface area contributed by atoms with Crippen LogP contribution in [-0.2, 0) is 11.3 Å². The molecule has 1 amide bonds. The number of benzene rings is 1. The number of thioether (sulfide) groups is 1. The Morgan fingerprint density at radius 3 is 2.78 bits per heavy atom. The zero-order valence-electron chi connectivity index (χ0n) is 14.8. The minimum absolute atomic E-state index is 0.156.